The van der Waals surface area contributed by atoms with Gasteiger partial charge in [-0.2, -0.15) is 0 Å². The van der Waals surface area contributed by atoms with Gasteiger partial charge in [0.25, 0.3) is 0 Å². The minimum atomic E-state index is -0.769. The molecule has 1 rings (SSSR count). The lowest BCUT2D eigenvalue weighted by atomic mass is 9.76. The highest BCUT2D eigenvalue weighted by molar-refractivity contribution is 5.83. The first-order chi connectivity index (χ1) is 8.71. The predicted octanol–water partition coefficient (Wildman–Crippen LogP) is 1.48. The average molecular weight is 251 g/mol. The molecule has 1 aromatic rings. The molecule has 0 aliphatic heterocycles. The Balaban J connectivity index is 3.02. The number of benzene rings is 1. The van der Waals surface area contributed by atoms with Gasteiger partial charge in [-0.25, -0.2) is 0 Å². The number of hydrogen-bond acceptors (Lipinski definition) is 4. The minimum Gasteiger partial charge on any atom is -0.468 e. The second kappa shape index (κ2) is 7.13. The van der Waals surface area contributed by atoms with Crippen LogP contribution in [-0.4, -0.2) is 33.3 Å². The summed E-state index contributed by atoms with van der Waals surface area (Å²) < 4.78 is 9.97. The van der Waals surface area contributed by atoms with Gasteiger partial charge in [0.05, 0.1) is 7.11 Å². The average Bonchev–Trinajstić information content (AvgIpc) is 2.44. The van der Waals surface area contributed by atoms with E-state index in [1.807, 2.05) is 30.3 Å². The third kappa shape index (κ3) is 3.09. The van der Waals surface area contributed by atoms with E-state index in [9.17, 15) is 4.79 Å². The zero-order valence-corrected chi connectivity index (χ0v) is 11.0. The number of ether oxygens (including phenoxy) is 2. The Labute approximate surface area is 108 Å². The molecule has 0 fully saturated rings. The van der Waals surface area contributed by atoms with Crippen molar-refractivity contribution >= 4 is 5.97 Å². The van der Waals surface area contributed by atoms with Crippen LogP contribution in [0.15, 0.2) is 30.3 Å². The van der Waals surface area contributed by atoms with Gasteiger partial charge in [0, 0.05) is 20.3 Å². The van der Waals surface area contributed by atoms with E-state index < -0.39 is 5.41 Å². The molecule has 2 N–H and O–H groups in total. The van der Waals surface area contributed by atoms with Gasteiger partial charge in [-0.1, -0.05) is 30.3 Å². The van der Waals surface area contributed by atoms with Crippen LogP contribution in [0.4, 0.5) is 0 Å². The van der Waals surface area contributed by atoms with E-state index in [0.29, 0.717) is 13.0 Å². The lowest BCUT2D eigenvalue weighted by Gasteiger charge is -2.30. The highest BCUT2D eigenvalue weighted by atomic mass is 16.5. The fraction of sp³-hybridized carbons (Fsp3) is 0.500. The summed E-state index contributed by atoms with van der Waals surface area (Å²) in [4.78, 5) is 12.1. The third-order valence-corrected chi connectivity index (χ3v) is 3.20. The number of rotatable bonds is 7. The first-order valence-electron chi connectivity index (χ1n) is 6.04. The Hall–Kier alpha value is -1.39. The van der Waals surface area contributed by atoms with Gasteiger partial charge in [-0.3, -0.25) is 4.79 Å². The van der Waals surface area contributed by atoms with E-state index in [1.165, 1.54) is 7.11 Å². The number of carbonyl (C=O) groups is 1. The van der Waals surface area contributed by atoms with Crippen molar-refractivity contribution in [3.63, 3.8) is 0 Å². The van der Waals surface area contributed by atoms with Crippen molar-refractivity contribution in [2.45, 2.75) is 18.3 Å². The molecular formula is C14H21NO3. The Morgan fingerprint density at radius 3 is 2.44 bits per heavy atom. The van der Waals surface area contributed by atoms with Crippen molar-refractivity contribution < 1.29 is 14.3 Å². The quantitative estimate of drug-likeness (QED) is 0.589. The first kappa shape index (κ1) is 14.7. The molecule has 1 atom stereocenters. The number of esters is 1. The van der Waals surface area contributed by atoms with Gasteiger partial charge in [0.15, 0.2) is 0 Å². The summed E-state index contributed by atoms with van der Waals surface area (Å²) in [6.45, 7) is 0.832. The zero-order chi connectivity index (χ0) is 13.4. The van der Waals surface area contributed by atoms with Crippen LogP contribution in [0.1, 0.15) is 18.4 Å². The van der Waals surface area contributed by atoms with Crippen LogP contribution in [0.5, 0.6) is 0 Å². The minimum absolute atomic E-state index is 0.230. The molecule has 0 aliphatic carbocycles. The van der Waals surface area contributed by atoms with Crippen LogP contribution >= 0.6 is 0 Å². The van der Waals surface area contributed by atoms with Crippen LogP contribution in [0.3, 0.4) is 0 Å². The summed E-state index contributed by atoms with van der Waals surface area (Å²) in [5.41, 5.74) is 5.99. The fourth-order valence-electron chi connectivity index (χ4n) is 2.14. The van der Waals surface area contributed by atoms with Crippen molar-refractivity contribution in [2.75, 3.05) is 27.4 Å². The van der Waals surface area contributed by atoms with Crippen molar-refractivity contribution in [1.29, 1.82) is 0 Å². The Morgan fingerprint density at radius 2 is 1.94 bits per heavy atom. The van der Waals surface area contributed by atoms with Gasteiger partial charge < -0.3 is 15.2 Å². The molecule has 0 radical (unpaired) electrons. The molecule has 0 saturated heterocycles. The Kier molecular flexibility index (Phi) is 5.82. The Morgan fingerprint density at radius 1 is 1.28 bits per heavy atom. The molecule has 0 amide bonds. The molecule has 0 heterocycles. The van der Waals surface area contributed by atoms with Crippen molar-refractivity contribution in [1.82, 2.24) is 0 Å². The van der Waals surface area contributed by atoms with E-state index in [1.54, 1.807) is 7.11 Å². The SMILES string of the molecule is COCCCC(CN)(C(=O)OC)c1ccccc1. The third-order valence-electron chi connectivity index (χ3n) is 3.20. The van der Waals surface area contributed by atoms with Gasteiger partial charge in [-0.05, 0) is 18.4 Å². The summed E-state index contributed by atoms with van der Waals surface area (Å²) in [6.07, 6.45) is 1.38. The number of carbonyl (C=O) groups excluding carboxylic acids is 1. The summed E-state index contributed by atoms with van der Waals surface area (Å²) in [5, 5.41) is 0. The van der Waals surface area contributed by atoms with E-state index in [0.717, 1.165) is 12.0 Å². The Bertz CT molecular complexity index is 367. The van der Waals surface area contributed by atoms with Crippen molar-refractivity contribution in [3.05, 3.63) is 35.9 Å². The smallest absolute Gasteiger partial charge is 0.317 e. The zero-order valence-electron chi connectivity index (χ0n) is 11.0. The first-order valence-corrected chi connectivity index (χ1v) is 6.04. The maximum Gasteiger partial charge on any atom is 0.317 e. The molecule has 100 valence electrons. The molecule has 1 aromatic carbocycles. The lowest BCUT2D eigenvalue weighted by Crippen LogP contribution is -2.44. The van der Waals surface area contributed by atoms with E-state index in [4.69, 9.17) is 15.2 Å². The van der Waals surface area contributed by atoms with Gasteiger partial charge in [0.1, 0.15) is 5.41 Å². The van der Waals surface area contributed by atoms with Crippen LogP contribution in [-0.2, 0) is 19.7 Å². The number of nitrogens with two attached hydrogens (primary N) is 1. The summed E-state index contributed by atoms with van der Waals surface area (Å²) in [6, 6.07) is 9.54. The van der Waals surface area contributed by atoms with E-state index >= 15 is 0 Å². The molecule has 0 bridgehead atoms. The lowest BCUT2D eigenvalue weighted by molar-refractivity contribution is -0.147. The van der Waals surface area contributed by atoms with Gasteiger partial charge in [0.2, 0.25) is 0 Å². The second-order valence-corrected chi connectivity index (χ2v) is 4.24. The molecule has 0 saturated carbocycles. The standard InChI is InChI=1S/C14H21NO3/c1-17-10-6-9-14(11-15,13(16)18-2)12-7-4-3-5-8-12/h3-5,7-8H,6,9-11,15H2,1-2H3. The van der Waals surface area contributed by atoms with E-state index in [-0.39, 0.29) is 12.5 Å². The molecular weight excluding hydrogens is 230 g/mol. The fourth-order valence-corrected chi connectivity index (χ4v) is 2.14. The maximum absolute atomic E-state index is 12.1. The van der Waals surface area contributed by atoms with Crippen LogP contribution < -0.4 is 5.73 Å². The highest BCUT2D eigenvalue weighted by Gasteiger charge is 2.39. The summed E-state index contributed by atoms with van der Waals surface area (Å²) in [7, 11) is 3.04. The molecule has 0 spiro atoms. The van der Waals surface area contributed by atoms with Crippen molar-refractivity contribution in [2.24, 2.45) is 5.73 Å². The molecule has 4 heteroatoms. The van der Waals surface area contributed by atoms with Gasteiger partial charge in [-0.15, -0.1) is 0 Å². The molecule has 0 aliphatic rings. The number of hydrogen-bond donors (Lipinski definition) is 1. The summed E-state index contributed by atoms with van der Waals surface area (Å²) >= 11 is 0. The normalized spacial score (nSPS) is 13.9. The predicted molar refractivity (Wildman–Crippen MR) is 70.3 cm³/mol. The maximum atomic E-state index is 12.1. The van der Waals surface area contributed by atoms with Crippen LogP contribution in [0.2, 0.25) is 0 Å². The monoisotopic (exact) mass is 251 g/mol. The van der Waals surface area contributed by atoms with Crippen molar-refractivity contribution in [3.8, 4) is 0 Å². The molecule has 1 unspecified atom stereocenters. The largest absolute Gasteiger partial charge is 0.468 e. The van der Waals surface area contributed by atoms with Crippen LogP contribution in [0.25, 0.3) is 0 Å². The van der Waals surface area contributed by atoms with Crippen LogP contribution in [0, 0.1) is 0 Å². The highest BCUT2D eigenvalue weighted by Crippen LogP contribution is 2.30. The molecule has 4 nitrogen and oxygen atoms in total. The van der Waals surface area contributed by atoms with Gasteiger partial charge >= 0.3 is 5.97 Å². The number of methoxy groups -OCH3 is 2. The van der Waals surface area contributed by atoms with E-state index in [2.05, 4.69) is 0 Å². The summed E-state index contributed by atoms with van der Waals surface area (Å²) in [5.74, 6) is -0.285. The molecule has 18 heavy (non-hydrogen) atoms. The molecule has 0 aromatic heterocycles. The topological polar surface area (TPSA) is 61.5 Å². The second-order valence-electron chi connectivity index (χ2n) is 4.24.